The lowest BCUT2D eigenvalue weighted by Crippen LogP contribution is -2.09. The fourth-order valence-corrected chi connectivity index (χ4v) is 1.56. The van der Waals surface area contributed by atoms with Crippen molar-refractivity contribution in [1.82, 2.24) is 0 Å². The molecular formula is C16H14N4O3. The second-order valence-corrected chi connectivity index (χ2v) is 4.93. The maximum Gasteiger partial charge on any atom is 0.335 e. The Balaban J connectivity index is 3.30. The van der Waals surface area contributed by atoms with Gasteiger partial charge >= 0.3 is 5.97 Å². The number of hydrogen-bond acceptors (Lipinski definition) is 6. The van der Waals surface area contributed by atoms with E-state index in [4.69, 9.17) is 25.6 Å². The van der Waals surface area contributed by atoms with E-state index in [9.17, 15) is 4.79 Å². The van der Waals surface area contributed by atoms with Gasteiger partial charge in [-0.25, -0.2) is 4.79 Å². The van der Waals surface area contributed by atoms with E-state index in [1.165, 1.54) is 18.2 Å². The molecule has 0 amide bonds. The predicted octanol–water partition coefficient (Wildman–Crippen LogP) is 2.66. The van der Waals surface area contributed by atoms with E-state index in [-0.39, 0.29) is 22.9 Å². The average molecular weight is 310 g/mol. The maximum absolute atomic E-state index is 11.1. The van der Waals surface area contributed by atoms with E-state index in [1.54, 1.807) is 18.2 Å². The highest BCUT2D eigenvalue weighted by atomic mass is 16.5. The molecule has 1 rings (SSSR count). The van der Waals surface area contributed by atoms with Crippen molar-refractivity contribution in [3.63, 3.8) is 0 Å². The molecule has 0 aromatic heterocycles. The van der Waals surface area contributed by atoms with Crippen LogP contribution in [0.5, 0.6) is 5.75 Å². The maximum atomic E-state index is 11.1. The van der Waals surface area contributed by atoms with Crippen LogP contribution in [-0.2, 0) is 0 Å². The van der Waals surface area contributed by atoms with Crippen LogP contribution in [0.15, 0.2) is 29.5 Å². The third kappa shape index (κ3) is 4.77. The normalized spacial score (nSPS) is 9.22. The van der Waals surface area contributed by atoms with Crippen molar-refractivity contribution in [2.24, 2.45) is 5.92 Å². The zero-order valence-electron chi connectivity index (χ0n) is 12.6. The Labute approximate surface area is 133 Å². The number of carbonyl (C=O) groups is 1. The van der Waals surface area contributed by atoms with E-state index in [0.29, 0.717) is 12.4 Å². The van der Waals surface area contributed by atoms with Crippen LogP contribution in [0.1, 0.15) is 24.2 Å². The molecule has 0 radical (unpaired) electrons. The number of hydrogen-bond donors (Lipinski definition) is 2. The topological polar surface area (TPSA) is 130 Å². The summed E-state index contributed by atoms with van der Waals surface area (Å²) >= 11 is 0. The lowest BCUT2D eigenvalue weighted by Gasteiger charge is -2.14. The van der Waals surface area contributed by atoms with Crippen molar-refractivity contribution in [3.05, 3.63) is 35.0 Å². The monoisotopic (exact) mass is 310 g/mol. The van der Waals surface area contributed by atoms with Crippen LogP contribution in [0, 0.1) is 39.9 Å². The van der Waals surface area contributed by atoms with Crippen LogP contribution in [0.2, 0.25) is 0 Å². The second kappa shape index (κ2) is 8.07. The quantitative estimate of drug-likeness (QED) is 0.772. The first-order chi connectivity index (χ1) is 10.9. The highest BCUT2D eigenvalue weighted by Crippen LogP contribution is 2.28. The molecule has 116 valence electrons. The van der Waals surface area contributed by atoms with Gasteiger partial charge in [0.05, 0.1) is 17.9 Å². The summed E-state index contributed by atoms with van der Waals surface area (Å²) in [4.78, 5) is 11.1. The summed E-state index contributed by atoms with van der Waals surface area (Å²) < 4.78 is 5.57. The number of anilines is 1. The minimum atomic E-state index is -1.15. The van der Waals surface area contributed by atoms with Gasteiger partial charge in [0.15, 0.2) is 5.57 Å². The molecule has 2 N–H and O–H groups in total. The third-order valence-corrected chi connectivity index (χ3v) is 2.64. The second-order valence-electron chi connectivity index (χ2n) is 4.93. The molecule has 1 aromatic rings. The van der Waals surface area contributed by atoms with Crippen molar-refractivity contribution < 1.29 is 14.6 Å². The first-order valence-corrected chi connectivity index (χ1v) is 6.64. The molecule has 0 saturated heterocycles. The molecule has 0 fully saturated rings. The highest BCUT2D eigenvalue weighted by molar-refractivity contribution is 5.89. The molecule has 0 spiro atoms. The van der Waals surface area contributed by atoms with Crippen molar-refractivity contribution in [3.8, 4) is 24.0 Å². The lowest BCUT2D eigenvalue weighted by molar-refractivity contribution is 0.0697. The van der Waals surface area contributed by atoms with E-state index in [2.05, 4.69) is 5.32 Å². The van der Waals surface area contributed by atoms with Gasteiger partial charge in [-0.2, -0.15) is 15.8 Å². The Morgan fingerprint density at radius 3 is 2.39 bits per heavy atom. The van der Waals surface area contributed by atoms with Gasteiger partial charge < -0.3 is 15.2 Å². The number of aromatic carboxylic acids is 1. The van der Waals surface area contributed by atoms with Crippen molar-refractivity contribution in [1.29, 1.82) is 15.8 Å². The molecule has 0 atom stereocenters. The minimum absolute atomic E-state index is 0.0165. The number of benzene rings is 1. The summed E-state index contributed by atoms with van der Waals surface area (Å²) in [5.74, 6) is -0.583. The molecule has 0 aliphatic rings. The molecular weight excluding hydrogens is 296 g/mol. The number of ether oxygens (including phenoxy) is 1. The SMILES string of the molecule is CC(C)COc1ccc(C(=O)O)cc1NC(C#N)=C(C#N)C#N. The van der Waals surface area contributed by atoms with Crippen LogP contribution in [-0.4, -0.2) is 17.7 Å². The minimum Gasteiger partial charge on any atom is -0.491 e. The van der Waals surface area contributed by atoms with Crippen LogP contribution in [0.25, 0.3) is 0 Å². The van der Waals surface area contributed by atoms with Gasteiger partial charge in [0.25, 0.3) is 0 Å². The standard InChI is InChI=1S/C16H14N4O3/c1-10(2)9-23-15-4-3-11(16(21)22)5-13(15)20-14(8-19)12(6-17)7-18/h3-5,10,20H,9H2,1-2H3,(H,21,22). The number of nitriles is 3. The largest absolute Gasteiger partial charge is 0.491 e. The van der Waals surface area contributed by atoms with Gasteiger partial charge in [-0.1, -0.05) is 13.8 Å². The summed E-state index contributed by atoms with van der Waals surface area (Å²) in [7, 11) is 0. The Kier molecular flexibility index (Phi) is 6.16. The molecule has 0 aliphatic heterocycles. The first-order valence-electron chi connectivity index (χ1n) is 6.64. The zero-order valence-corrected chi connectivity index (χ0v) is 12.6. The van der Waals surface area contributed by atoms with Crippen LogP contribution in [0.3, 0.4) is 0 Å². The first kappa shape index (κ1) is 17.6. The molecule has 1 aromatic carbocycles. The fourth-order valence-electron chi connectivity index (χ4n) is 1.56. The summed E-state index contributed by atoms with van der Waals surface area (Å²) in [6.45, 7) is 4.28. The number of carboxylic acids is 1. The molecule has 0 aliphatic carbocycles. The fraction of sp³-hybridized carbons (Fsp3) is 0.250. The summed E-state index contributed by atoms with van der Waals surface area (Å²) in [6.07, 6.45) is 0. The molecule has 7 nitrogen and oxygen atoms in total. The van der Waals surface area contributed by atoms with E-state index >= 15 is 0 Å². The number of carboxylic acid groups (broad SMARTS) is 1. The Hall–Kier alpha value is -3.50. The van der Waals surface area contributed by atoms with Crippen molar-refractivity contribution in [2.45, 2.75) is 13.8 Å². The Morgan fingerprint density at radius 2 is 1.91 bits per heavy atom. The Morgan fingerprint density at radius 1 is 1.26 bits per heavy atom. The van der Waals surface area contributed by atoms with Gasteiger partial charge in [0.1, 0.15) is 29.7 Å². The summed E-state index contributed by atoms with van der Waals surface area (Å²) in [5, 5.41) is 38.4. The van der Waals surface area contributed by atoms with Crippen molar-refractivity contribution in [2.75, 3.05) is 11.9 Å². The lowest BCUT2D eigenvalue weighted by atomic mass is 10.1. The Bertz CT molecular complexity index is 745. The molecule has 0 saturated carbocycles. The summed E-state index contributed by atoms with van der Waals surface area (Å²) in [5.41, 5.74) is -0.489. The average Bonchev–Trinajstić information content (AvgIpc) is 2.53. The van der Waals surface area contributed by atoms with Gasteiger partial charge in [0.2, 0.25) is 0 Å². The zero-order chi connectivity index (χ0) is 17.4. The molecule has 0 unspecified atom stereocenters. The van der Waals surface area contributed by atoms with Crippen LogP contribution in [0.4, 0.5) is 5.69 Å². The molecule has 23 heavy (non-hydrogen) atoms. The van der Waals surface area contributed by atoms with Gasteiger partial charge in [-0.15, -0.1) is 0 Å². The number of nitrogens with zero attached hydrogens (tertiary/aromatic N) is 3. The van der Waals surface area contributed by atoms with Gasteiger partial charge in [-0.3, -0.25) is 0 Å². The smallest absolute Gasteiger partial charge is 0.335 e. The molecule has 0 heterocycles. The highest BCUT2D eigenvalue weighted by Gasteiger charge is 2.13. The van der Waals surface area contributed by atoms with Crippen LogP contribution < -0.4 is 10.1 Å². The number of rotatable bonds is 6. The number of allylic oxidation sites excluding steroid dienone is 2. The van der Waals surface area contributed by atoms with E-state index < -0.39 is 11.5 Å². The molecule has 7 heteroatoms. The van der Waals surface area contributed by atoms with Gasteiger partial charge in [0, 0.05) is 0 Å². The van der Waals surface area contributed by atoms with E-state index in [1.807, 2.05) is 13.8 Å². The van der Waals surface area contributed by atoms with E-state index in [0.717, 1.165) is 0 Å². The molecule has 0 bridgehead atoms. The van der Waals surface area contributed by atoms with Gasteiger partial charge in [-0.05, 0) is 24.1 Å². The predicted molar refractivity (Wildman–Crippen MR) is 81.2 cm³/mol. The van der Waals surface area contributed by atoms with Crippen LogP contribution >= 0.6 is 0 Å². The summed E-state index contributed by atoms with van der Waals surface area (Å²) in [6, 6.07) is 9.04. The number of nitrogens with one attached hydrogen (secondary N) is 1. The third-order valence-electron chi connectivity index (χ3n) is 2.64. The van der Waals surface area contributed by atoms with Crippen molar-refractivity contribution >= 4 is 11.7 Å².